The Hall–Kier alpha value is -2.53. The van der Waals surface area contributed by atoms with Gasteiger partial charge in [0.2, 0.25) is 17.7 Å². The van der Waals surface area contributed by atoms with E-state index in [0.717, 1.165) is 25.1 Å². The van der Waals surface area contributed by atoms with Gasteiger partial charge in [0, 0.05) is 32.7 Å². The third-order valence-electron chi connectivity index (χ3n) is 9.73. The highest BCUT2D eigenvalue weighted by atomic mass is 16.5. The van der Waals surface area contributed by atoms with Crippen molar-refractivity contribution in [1.82, 2.24) is 20.4 Å². The fraction of sp³-hybridized carbons (Fsp3) is 0.700. The first kappa shape index (κ1) is 29.0. The molecular weight excluding hydrogens is 512 g/mol. The molecule has 0 aliphatic carbocycles. The molecule has 4 aliphatic heterocycles. The molecule has 0 radical (unpaired) electrons. The summed E-state index contributed by atoms with van der Waals surface area (Å²) in [5.74, 6) is -2.32. The molecule has 1 aromatic rings. The van der Waals surface area contributed by atoms with Crippen molar-refractivity contribution in [3.8, 4) is 0 Å². The molecule has 0 saturated carbocycles. The number of likely N-dealkylation sites (tertiary alicyclic amines) is 1. The van der Waals surface area contributed by atoms with Crippen LogP contribution in [0, 0.1) is 17.8 Å². The molecule has 4 saturated heterocycles. The first-order valence-corrected chi connectivity index (χ1v) is 14.8. The summed E-state index contributed by atoms with van der Waals surface area (Å²) in [6.07, 6.45) is 1.83. The Kier molecular flexibility index (Phi) is 8.52. The second kappa shape index (κ2) is 11.8. The van der Waals surface area contributed by atoms with Crippen LogP contribution in [0.3, 0.4) is 0 Å². The largest absolute Gasteiger partial charge is 0.394 e. The number of aliphatic hydroxyl groups is 1. The van der Waals surface area contributed by atoms with E-state index < -0.39 is 35.1 Å². The number of morpholine rings is 1. The number of rotatable bonds is 11. The lowest BCUT2D eigenvalue weighted by Gasteiger charge is -2.39. The van der Waals surface area contributed by atoms with Gasteiger partial charge in [-0.05, 0) is 31.2 Å². The Bertz CT molecular complexity index is 1080. The fourth-order valence-corrected chi connectivity index (χ4v) is 7.39. The topological polar surface area (TPSA) is 120 Å². The number of ether oxygens (including phenoxy) is 2. The Morgan fingerprint density at radius 3 is 2.52 bits per heavy atom. The summed E-state index contributed by atoms with van der Waals surface area (Å²) in [6.45, 7) is 10.1. The minimum Gasteiger partial charge on any atom is -0.394 e. The molecule has 4 aliphatic rings. The van der Waals surface area contributed by atoms with Crippen molar-refractivity contribution < 1.29 is 29.0 Å². The minimum atomic E-state index is -1.11. The molecule has 4 fully saturated rings. The molecule has 7 atom stereocenters. The van der Waals surface area contributed by atoms with Gasteiger partial charge in [0.25, 0.3) is 0 Å². The first-order chi connectivity index (χ1) is 19.3. The van der Waals surface area contributed by atoms with E-state index in [9.17, 15) is 19.5 Å². The van der Waals surface area contributed by atoms with E-state index in [1.165, 1.54) is 0 Å². The average Bonchev–Trinajstić information content (AvgIpc) is 3.54. The number of fused-ring (bicyclic) bond motifs is 1. The second-order valence-corrected chi connectivity index (χ2v) is 12.1. The molecule has 4 heterocycles. The number of nitrogens with zero attached hydrogens (tertiary/aromatic N) is 2. The second-order valence-electron chi connectivity index (χ2n) is 12.1. The van der Waals surface area contributed by atoms with E-state index >= 15 is 0 Å². The third kappa shape index (κ3) is 5.04. The highest BCUT2D eigenvalue weighted by Crippen LogP contribution is 2.63. The zero-order valence-corrected chi connectivity index (χ0v) is 23.9. The quantitative estimate of drug-likeness (QED) is 0.371. The van der Waals surface area contributed by atoms with Gasteiger partial charge in [0.05, 0.1) is 43.3 Å². The molecule has 40 heavy (non-hydrogen) atoms. The average molecular weight is 557 g/mol. The van der Waals surface area contributed by atoms with Crippen LogP contribution in [0.2, 0.25) is 0 Å². The van der Waals surface area contributed by atoms with Crippen LogP contribution in [0.1, 0.15) is 45.6 Å². The molecular formula is C30H44N4O6. The Morgan fingerprint density at radius 2 is 1.85 bits per heavy atom. The van der Waals surface area contributed by atoms with Gasteiger partial charge in [-0.25, -0.2) is 0 Å². The monoisotopic (exact) mass is 556 g/mol. The van der Waals surface area contributed by atoms with E-state index in [1.807, 2.05) is 51.1 Å². The van der Waals surface area contributed by atoms with Crippen molar-refractivity contribution in [2.45, 2.75) is 69.9 Å². The van der Waals surface area contributed by atoms with Crippen molar-refractivity contribution in [3.63, 3.8) is 0 Å². The number of aliphatic hydroxyl groups excluding tert-OH is 1. The van der Waals surface area contributed by atoms with Gasteiger partial charge < -0.3 is 30.1 Å². The standard InChI is InChI=1S/C30H44N4O6/c1-4-20(2)22(19-35)34-25(27(37)31-12-13-33-14-16-39-17-15-33)30-11-10-29(3,40-30)23(24(30)28(34)38)26(36)32-18-21-8-6-5-7-9-21/h5-9,20,22-25,35H,4,10-19H2,1-3H3,(H,31,37)(H,32,36)/t20-,22-,23+,24-,25?,29-,30?/m0/s1. The Morgan fingerprint density at radius 1 is 1.12 bits per heavy atom. The van der Waals surface area contributed by atoms with E-state index in [2.05, 4.69) is 15.5 Å². The maximum absolute atomic E-state index is 14.3. The van der Waals surface area contributed by atoms with Crippen molar-refractivity contribution in [3.05, 3.63) is 35.9 Å². The summed E-state index contributed by atoms with van der Waals surface area (Å²) in [5.41, 5.74) is -0.983. The van der Waals surface area contributed by atoms with Gasteiger partial charge in [-0.2, -0.15) is 0 Å². The Labute approximate surface area is 236 Å². The predicted molar refractivity (Wildman–Crippen MR) is 148 cm³/mol. The molecule has 1 spiro atoms. The molecule has 3 N–H and O–H groups in total. The summed E-state index contributed by atoms with van der Waals surface area (Å²) in [4.78, 5) is 45.8. The summed E-state index contributed by atoms with van der Waals surface area (Å²) >= 11 is 0. The number of benzene rings is 1. The lowest BCUT2D eigenvalue weighted by molar-refractivity contribution is -0.151. The van der Waals surface area contributed by atoms with Gasteiger partial charge in [-0.1, -0.05) is 50.6 Å². The molecule has 1 aromatic carbocycles. The highest BCUT2D eigenvalue weighted by molar-refractivity contribution is 5.99. The van der Waals surface area contributed by atoms with Crippen molar-refractivity contribution in [2.24, 2.45) is 17.8 Å². The number of carbonyl (C=O) groups excluding carboxylic acids is 3. The molecule has 10 heteroatoms. The lowest BCUT2D eigenvalue weighted by atomic mass is 9.66. The Balaban J connectivity index is 1.41. The number of amides is 3. The zero-order chi connectivity index (χ0) is 28.5. The van der Waals surface area contributed by atoms with Gasteiger partial charge in [0.15, 0.2) is 0 Å². The van der Waals surface area contributed by atoms with Crippen LogP contribution >= 0.6 is 0 Å². The van der Waals surface area contributed by atoms with Crippen molar-refractivity contribution in [2.75, 3.05) is 46.0 Å². The van der Waals surface area contributed by atoms with Crippen LogP contribution < -0.4 is 10.6 Å². The smallest absolute Gasteiger partial charge is 0.245 e. The summed E-state index contributed by atoms with van der Waals surface area (Å²) in [7, 11) is 0. The van der Waals surface area contributed by atoms with Gasteiger partial charge in [-0.3, -0.25) is 19.3 Å². The van der Waals surface area contributed by atoms with Crippen LogP contribution in [0.15, 0.2) is 30.3 Å². The number of hydrogen-bond acceptors (Lipinski definition) is 7. The van der Waals surface area contributed by atoms with Crippen molar-refractivity contribution >= 4 is 17.7 Å². The highest BCUT2D eigenvalue weighted by Gasteiger charge is 2.78. The number of carbonyl (C=O) groups is 3. The summed E-state index contributed by atoms with van der Waals surface area (Å²) in [5, 5.41) is 16.6. The predicted octanol–water partition coefficient (Wildman–Crippen LogP) is 0.923. The van der Waals surface area contributed by atoms with Gasteiger partial charge >= 0.3 is 0 Å². The van der Waals surface area contributed by atoms with E-state index in [-0.39, 0.29) is 30.2 Å². The van der Waals surface area contributed by atoms with Crippen LogP contribution in [0.25, 0.3) is 0 Å². The van der Waals surface area contributed by atoms with E-state index in [4.69, 9.17) is 9.47 Å². The lowest BCUT2D eigenvalue weighted by Crippen LogP contribution is -2.59. The van der Waals surface area contributed by atoms with Gasteiger partial charge in [-0.15, -0.1) is 0 Å². The third-order valence-corrected chi connectivity index (χ3v) is 9.73. The maximum atomic E-state index is 14.3. The van der Waals surface area contributed by atoms with E-state index in [0.29, 0.717) is 45.7 Å². The fourth-order valence-electron chi connectivity index (χ4n) is 7.39. The normalized spacial score (nSPS) is 33.0. The van der Waals surface area contributed by atoms with Crippen LogP contribution in [-0.2, 0) is 30.4 Å². The van der Waals surface area contributed by atoms with Crippen LogP contribution in [0.4, 0.5) is 0 Å². The zero-order valence-electron chi connectivity index (χ0n) is 23.9. The van der Waals surface area contributed by atoms with Crippen molar-refractivity contribution in [1.29, 1.82) is 0 Å². The minimum absolute atomic E-state index is 0.0361. The molecule has 0 aromatic heterocycles. The van der Waals surface area contributed by atoms with Gasteiger partial charge in [0.1, 0.15) is 11.6 Å². The van der Waals surface area contributed by atoms with Crippen LogP contribution in [-0.4, -0.2) is 102 Å². The molecule has 5 rings (SSSR count). The molecule has 3 amide bonds. The SMILES string of the molecule is CC[C@H](C)[C@H](CO)N1C(=O)[C@@H]2[C@H](C(=O)NCc3ccccc3)[C@]3(C)CCC2(O3)C1C(=O)NCCN1CCOCC1. The molecule has 220 valence electrons. The molecule has 2 unspecified atom stereocenters. The summed E-state index contributed by atoms with van der Waals surface area (Å²) in [6, 6.07) is 8.20. The first-order valence-electron chi connectivity index (χ1n) is 14.8. The number of hydrogen-bond donors (Lipinski definition) is 3. The van der Waals surface area contributed by atoms with Crippen LogP contribution in [0.5, 0.6) is 0 Å². The molecule has 2 bridgehead atoms. The van der Waals surface area contributed by atoms with E-state index in [1.54, 1.807) is 4.90 Å². The summed E-state index contributed by atoms with van der Waals surface area (Å²) < 4.78 is 12.1. The number of nitrogens with one attached hydrogen (secondary N) is 2. The maximum Gasteiger partial charge on any atom is 0.245 e. The molecule has 10 nitrogen and oxygen atoms in total.